The largest absolute Gasteiger partial charge is 0.480 e. The second-order valence-corrected chi connectivity index (χ2v) is 3.88. The molecule has 0 aromatic carbocycles. The Morgan fingerprint density at radius 3 is 2.88 bits per heavy atom. The Bertz CT molecular complexity index is 427. The van der Waals surface area contributed by atoms with Crippen LogP contribution in [0.3, 0.4) is 0 Å². The van der Waals surface area contributed by atoms with Crippen LogP contribution in [0.4, 0.5) is 0 Å². The maximum absolute atomic E-state index is 12.0. The van der Waals surface area contributed by atoms with Crippen molar-refractivity contribution in [1.82, 2.24) is 14.5 Å². The number of rotatable bonds is 2. The van der Waals surface area contributed by atoms with Crippen molar-refractivity contribution in [3.8, 4) is 0 Å². The Kier molecular flexibility index (Phi) is 2.64. The molecule has 1 N–H and O–H groups in total. The van der Waals surface area contributed by atoms with E-state index in [0.717, 1.165) is 6.42 Å². The highest BCUT2D eigenvalue weighted by Crippen LogP contribution is 2.19. The first-order chi connectivity index (χ1) is 7.61. The number of amides is 1. The summed E-state index contributed by atoms with van der Waals surface area (Å²) in [6, 6.07) is -0.692. The van der Waals surface area contributed by atoms with E-state index in [1.54, 1.807) is 11.6 Å². The lowest BCUT2D eigenvalue weighted by atomic mass is 10.2. The van der Waals surface area contributed by atoms with E-state index >= 15 is 0 Å². The van der Waals surface area contributed by atoms with Crippen molar-refractivity contribution >= 4 is 11.9 Å². The smallest absolute Gasteiger partial charge is 0.326 e. The number of likely N-dealkylation sites (tertiary alicyclic amines) is 1. The Balaban J connectivity index is 2.22. The number of aliphatic carboxylic acids is 1. The van der Waals surface area contributed by atoms with Crippen molar-refractivity contribution in [2.75, 3.05) is 6.54 Å². The SMILES string of the molecule is Cn1cncc1C(=O)N1CCC[C@@H]1C(=O)O. The summed E-state index contributed by atoms with van der Waals surface area (Å²) in [5.74, 6) is -1.20. The maximum atomic E-state index is 12.0. The molecule has 1 atom stereocenters. The van der Waals surface area contributed by atoms with Crippen molar-refractivity contribution in [2.45, 2.75) is 18.9 Å². The molecule has 0 radical (unpaired) electrons. The molecule has 1 fully saturated rings. The van der Waals surface area contributed by atoms with Gasteiger partial charge in [-0.2, -0.15) is 0 Å². The third kappa shape index (κ3) is 1.66. The molecule has 0 spiro atoms. The summed E-state index contributed by atoms with van der Waals surface area (Å²) in [6.07, 6.45) is 4.25. The molecule has 2 rings (SSSR count). The van der Waals surface area contributed by atoms with E-state index in [1.807, 2.05) is 0 Å². The molecule has 16 heavy (non-hydrogen) atoms. The number of carboxylic acid groups (broad SMARTS) is 1. The normalized spacial score (nSPS) is 20.1. The van der Waals surface area contributed by atoms with Crippen LogP contribution in [0.1, 0.15) is 23.3 Å². The highest BCUT2D eigenvalue weighted by Gasteiger charge is 2.35. The molecule has 6 nitrogen and oxygen atoms in total. The zero-order chi connectivity index (χ0) is 11.7. The van der Waals surface area contributed by atoms with E-state index in [2.05, 4.69) is 4.98 Å². The van der Waals surface area contributed by atoms with Gasteiger partial charge < -0.3 is 14.6 Å². The van der Waals surface area contributed by atoms with Crippen molar-refractivity contribution in [2.24, 2.45) is 7.05 Å². The summed E-state index contributed by atoms with van der Waals surface area (Å²) in [7, 11) is 1.71. The second kappa shape index (κ2) is 3.96. The molecule has 1 aromatic heterocycles. The molecule has 6 heteroatoms. The molecule has 0 saturated carbocycles. The molecule has 1 aliphatic heterocycles. The Hall–Kier alpha value is -1.85. The molecule has 1 amide bonds. The number of hydrogen-bond acceptors (Lipinski definition) is 3. The molecule has 1 aliphatic rings. The minimum atomic E-state index is -0.937. The number of nitrogens with zero attached hydrogens (tertiary/aromatic N) is 3. The highest BCUT2D eigenvalue weighted by molar-refractivity contribution is 5.95. The number of carboxylic acids is 1. The highest BCUT2D eigenvalue weighted by atomic mass is 16.4. The van der Waals surface area contributed by atoms with Crippen LogP contribution in [0.2, 0.25) is 0 Å². The van der Waals surface area contributed by atoms with E-state index in [9.17, 15) is 9.59 Å². The number of aromatic nitrogens is 2. The van der Waals surface area contributed by atoms with Crippen LogP contribution in [-0.2, 0) is 11.8 Å². The van der Waals surface area contributed by atoms with Crippen molar-refractivity contribution < 1.29 is 14.7 Å². The Morgan fingerprint density at radius 1 is 1.56 bits per heavy atom. The molecule has 0 aliphatic carbocycles. The topological polar surface area (TPSA) is 75.4 Å². The van der Waals surface area contributed by atoms with Gasteiger partial charge in [0.15, 0.2) is 0 Å². The summed E-state index contributed by atoms with van der Waals surface area (Å²) in [5.41, 5.74) is 0.424. The predicted octanol–water partition coefficient (Wildman–Crippen LogP) is 0.109. The number of carbonyl (C=O) groups is 2. The lowest BCUT2D eigenvalue weighted by Crippen LogP contribution is -2.41. The van der Waals surface area contributed by atoms with E-state index < -0.39 is 12.0 Å². The zero-order valence-electron chi connectivity index (χ0n) is 8.96. The van der Waals surface area contributed by atoms with Crippen molar-refractivity contribution in [3.05, 3.63) is 18.2 Å². The minimum absolute atomic E-state index is 0.259. The van der Waals surface area contributed by atoms with Crippen LogP contribution in [0.25, 0.3) is 0 Å². The van der Waals surface area contributed by atoms with Gasteiger partial charge in [-0.05, 0) is 12.8 Å². The molecule has 1 saturated heterocycles. The van der Waals surface area contributed by atoms with Crippen LogP contribution >= 0.6 is 0 Å². The zero-order valence-corrected chi connectivity index (χ0v) is 8.96. The van der Waals surface area contributed by atoms with Gasteiger partial charge in [-0.15, -0.1) is 0 Å². The maximum Gasteiger partial charge on any atom is 0.326 e. The van der Waals surface area contributed by atoms with Crippen LogP contribution < -0.4 is 0 Å². The van der Waals surface area contributed by atoms with Crippen LogP contribution in [0.15, 0.2) is 12.5 Å². The molecular weight excluding hydrogens is 210 g/mol. The van der Waals surface area contributed by atoms with Gasteiger partial charge in [-0.25, -0.2) is 9.78 Å². The third-order valence-corrected chi connectivity index (χ3v) is 2.83. The first kappa shape index (κ1) is 10.7. The van der Waals surface area contributed by atoms with Gasteiger partial charge in [0.05, 0.1) is 12.5 Å². The number of hydrogen-bond donors (Lipinski definition) is 1. The molecule has 86 valence electrons. The van der Waals surface area contributed by atoms with Crippen LogP contribution in [0, 0.1) is 0 Å². The molecule has 0 unspecified atom stereocenters. The van der Waals surface area contributed by atoms with Crippen LogP contribution in [0.5, 0.6) is 0 Å². The standard InChI is InChI=1S/C10H13N3O3/c1-12-6-11-5-8(12)9(14)13-4-2-3-7(13)10(15)16/h5-7H,2-4H2,1H3,(H,15,16)/t7-/m1/s1. The first-order valence-electron chi connectivity index (χ1n) is 5.11. The van der Waals surface area contributed by atoms with Gasteiger partial charge in [0, 0.05) is 13.6 Å². The molecular formula is C10H13N3O3. The van der Waals surface area contributed by atoms with E-state index in [0.29, 0.717) is 18.7 Å². The van der Waals surface area contributed by atoms with Crippen molar-refractivity contribution in [1.29, 1.82) is 0 Å². The van der Waals surface area contributed by atoms with Crippen molar-refractivity contribution in [3.63, 3.8) is 0 Å². The fourth-order valence-corrected chi connectivity index (χ4v) is 1.98. The lowest BCUT2D eigenvalue weighted by Gasteiger charge is -2.21. The Morgan fingerprint density at radius 2 is 2.31 bits per heavy atom. The quantitative estimate of drug-likeness (QED) is 0.772. The molecule has 2 heterocycles. The van der Waals surface area contributed by atoms with E-state index in [-0.39, 0.29) is 5.91 Å². The number of carbonyl (C=O) groups excluding carboxylic acids is 1. The fourth-order valence-electron chi connectivity index (χ4n) is 1.98. The monoisotopic (exact) mass is 223 g/mol. The van der Waals surface area contributed by atoms with E-state index in [4.69, 9.17) is 5.11 Å². The lowest BCUT2D eigenvalue weighted by molar-refractivity contribution is -0.141. The first-order valence-corrected chi connectivity index (χ1v) is 5.11. The third-order valence-electron chi connectivity index (χ3n) is 2.83. The van der Waals surface area contributed by atoms with Crippen LogP contribution in [-0.4, -0.2) is 44.0 Å². The van der Waals surface area contributed by atoms with E-state index in [1.165, 1.54) is 17.4 Å². The summed E-state index contributed by atoms with van der Waals surface area (Å²) in [4.78, 5) is 28.3. The summed E-state index contributed by atoms with van der Waals surface area (Å²) >= 11 is 0. The Labute approximate surface area is 92.5 Å². The predicted molar refractivity (Wildman–Crippen MR) is 54.9 cm³/mol. The summed E-state index contributed by atoms with van der Waals surface area (Å²) < 4.78 is 1.60. The van der Waals surface area contributed by atoms with Gasteiger partial charge in [0.25, 0.3) is 5.91 Å². The number of aryl methyl sites for hydroxylation is 1. The second-order valence-electron chi connectivity index (χ2n) is 3.88. The van der Waals surface area contributed by atoms with Gasteiger partial charge in [0.1, 0.15) is 11.7 Å². The average molecular weight is 223 g/mol. The van der Waals surface area contributed by atoms with Gasteiger partial charge in [-0.1, -0.05) is 0 Å². The summed E-state index contributed by atoms with van der Waals surface area (Å²) in [5, 5.41) is 8.98. The van der Waals surface area contributed by atoms with Gasteiger partial charge in [0.2, 0.25) is 0 Å². The fraction of sp³-hybridized carbons (Fsp3) is 0.500. The van der Waals surface area contributed by atoms with Gasteiger partial charge in [-0.3, -0.25) is 4.79 Å². The number of imidazole rings is 1. The summed E-state index contributed by atoms with van der Waals surface area (Å²) in [6.45, 7) is 0.501. The molecule has 0 bridgehead atoms. The molecule has 1 aromatic rings. The minimum Gasteiger partial charge on any atom is -0.480 e. The average Bonchev–Trinajstić information content (AvgIpc) is 2.84. The van der Waals surface area contributed by atoms with Gasteiger partial charge >= 0.3 is 5.97 Å².